The minimum atomic E-state index is -4.32. The van der Waals surface area contributed by atoms with Crippen molar-refractivity contribution >= 4 is 5.69 Å². The zero-order valence-electron chi connectivity index (χ0n) is 8.98. The minimum Gasteiger partial charge on any atom is -0.484 e. The van der Waals surface area contributed by atoms with Crippen molar-refractivity contribution in [3.8, 4) is 5.75 Å². The number of hydrogen-bond donors (Lipinski definition) is 1. The monoisotopic (exact) mass is 231 g/mol. The van der Waals surface area contributed by atoms with Crippen LogP contribution in [0, 0.1) is 0 Å². The van der Waals surface area contributed by atoms with Gasteiger partial charge in [-0.05, 0) is 32.0 Å². The van der Waals surface area contributed by atoms with E-state index in [0.717, 1.165) is 12.1 Å². The van der Waals surface area contributed by atoms with Crippen LogP contribution in [0.25, 0.3) is 0 Å². The molecule has 5 heteroatoms. The molecule has 1 aromatic rings. The lowest BCUT2D eigenvalue weighted by molar-refractivity contribution is -0.137. The third-order valence-corrected chi connectivity index (χ3v) is 2.40. The van der Waals surface area contributed by atoms with Gasteiger partial charge in [0.05, 0.1) is 17.8 Å². The molecule has 0 saturated carbocycles. The Morgan fingerprint density at radius 3 is 2.62 bits per heavy atom. The fourth-order valence-electron chi connectivity index (χ4n) is 1.58. The third kappa shape index (κ3) is 2.08. The number of halogens is 3. The van der Waals surface area contributed by atoms with Crippen LogP contribution in [0.1, 0.15) is 19.4 Å². The second-order valence-electron chi connectivity index (χ2n) is 4.42. The Kier molecular flexibility index (Phi) is 2.29. The van der Waals surface area contributed by atoms with Gasteiger partial charge in [0.15, 0.2) is 0 Å². The zero-order chi connectivity index (χ0) is 12.0. The molecule has 0 aliphatic carbocycles. The van der Waals surface area contributed by atoms with Crippen LogP contribution in [0.15, 0.2) is 18.2 Å². The molecule has 0 aromatic heterocycles. The molecule has 0 unspecified atom stereocenters. The van der Waals surface area contributed by atoms with Crippen molar-refractivity contribution < 1.29 is 17.9 Å². The molecular formula is C11H12F3NO. The predicted octanol–water partition coefficient (Wildman–Crippen LogP) is 3.29. The van der Waals surface area contributed by atoms with Crippen LogP contribution in [-0.4, -0.2) is 12.1 Å². The van der Waals surface area contributed by atoms with Crippen LogP contribution in [-0.2, 0) is 6.18 Å². The average Bonchev–Trinajstić information content (AvgIpc) is 2.14. The Morgan fingerprint density at radius 1 is 1.31 bits per heavy atom. The topological polar surface area (TPSA) is 21.3 Å². The highest BCUT2D eigenvalue weighted by molar-refractivity contribution is 5.60. The molecule has 0 saturated heterocycles. The summed E-state index contributed by atoms with van der Waals surface area (Å²) in [6, 6.07) is 3.46. The van der Waals surface area contributed by atoms with Gasteiger partial charge in [0.1, 0.15) is 11.4 Å². The Labute approximate surface area is 91.4 Å². The first kappa shape index (κ1) is 11.1. The van der Waals surface area contributed by atoms with E-state index in [2.05, 4.69) is 5.32 Å². The summed E-state index contributed by atoms with van der Waals surface area (Å²) < 4.78 is 42.9. The van der Waals surface area contributed by atoms with E-state index in [0.29, 0.717) is 18.0 Å². The van der Waals surface area contributed by atoms with Crippen LogP contribution in [0.3, 0.4) is 0 Å². The number of fused-ring (bicyclic) bond motifs is 1. The Hall–Kier alpha value is -1.39. The van der Waals surface area contributed by atoms with Gasteiger partial charge in [-0.1, -0.05) is 0 Å². The molecule has 1 heterocycles. The molecule has 88 valence electrons. The van der Waals surface area contributed by atoms with Gasteiger partial charge in [-0.3, -0.25) is 0 Å². The van der Waals surface area contributed by atoms with Gasteiger partial charge in [0.2, 0.25) is 0 Å². The number of rotatable bonds is 0. The summed E-state index contributed by atoms with van der Waals surface area (Å²) in [7, 11) is 0. The highest BCUT2D eigenvalue weighted by atomic mass is 19.4. The van der Waals surface area contributed by atoms with E-state index in [9.17, 15) is 13.2 Å². The third-order valence-electron chi connectivity index (χ3n) is 2.40. The van der Waals surface area contributed by atoms with E-state index in [-0.39, 0.29) is 0 Å². The largest absolute Gasteiger partial charge is 0.484 e. The van der Waals surface area contributed by atoms with Crippen molar-refractivity contribution in [3.63, 3.8) is 0 Å². The van der Waals surface area contributed by atoms with Gasteiger partial charge < -0.3 is 10.1 Å². The highest BCUT2D eigenvalue weighted by Crippen LogP contribution is 2.38. The minimum absolute atomic E-state index is 0.396. The van der Waals surface area contributed by atoms with Crippen LogP contribution in [0.5, 0.6) is 5.75 Å². The van der Waals surface area contributed by atoms with Crippen molar-refractivity contribution in [2.45, 2.75) is 25.6 Å². The van der Waals surface area contributed by atoms with Crippen LogP contribution >= 0.6 is 0 Å². The van der Waals surface area contributed by atoms with E-state index in [4.69, 9.17) is 4.74 Å². The lowest BCUT2D eigenvalue weighted by atomic mass is 10.1. The molecule has 1 N–H and O–H groups in total. The summed E-state index contributed by atoms with van der Waals surface area (Å²) in [5.74, 6) is 0.462. The lowest BCUT2D eigenvalue weighted by Crippen LogP contribution is -2.40. The molecule has 1 aliphatic rings. The second kappa shape index (κ2) is 3.30. The molecule has 0 radical (unpaired) electrons. The maximum absolute atomic E-state index is 12.4. The SMILES string of the molecule is CC1(C)CNc2cc(C(F)(F)F)ccc2O1. The maximum atomic E-state index is 12.4. The quantitative estimate of drug-likeness (QED) is 0.739. The van der Waals surface area contributed by atoms with Crippen molar-refractivity contribution in [1.82, 2.24) is 0 Å². The van der Waals surface area contributed by atoms with Crippen molar-refractivity contribution in [2.75, 3.05) is 11.9 Å². The zero-order valence-corrected chi connectivity index (χ0v) is 8.98. The van der Waals surface area contributed by atoms with Crippen molar-refractivity contribution in [3.05, 3.63) is 23.8 Å². The molecule has 16 heavy (non-hydrogen) atoms. The van der Waals surface area contributed by atoms with E-state index in [1.165, 1.54) is 6.07 Å². The molecule has 0 fully saturated rings. The Bertz CT molecular complexity index is 412. The molecular weight excluding hydrogens is 219 g/mol. The van der Waals surface area contributed by atoms with Gasteiger partial charge >= 0.3 is 6.18 Å². The van der Waals surface area contributed by atoms with Crippen molar-refractivity contribution in [1.29, 1.82) is 0 Å². The smallest absolute Gasteiger partial charge is 0.416 e. The normalized spacial score (nSPS) is 18.3. The van der Waals surface area contributed by atoms with Crippen LogP contribution in [0.4, 0.5) is 18.9 Å². The summed E-state index contributed by atoms with van der Waals surface area (Å²) in [6.45, 7) is 4.24. The molecule has 2 nitrogen and oxygen atoms in total. The predicted molar refractivity (Wildman–Crippen MR) is 54.6 cm³/mol. The number of anilines is 1. The summed E-state index contributed by atoms with van der Waals surface area (Å²) in [6.07, 6.45) is -4.32. The number of hydrogen-bond acceptors (Lipinski definition) is 2. The average molecular weight is 231 g/mol. The number of nitrogens with one attached hydrogen (secondary N) is 1. The number of alkyl halides is 3. The molecule has 0 spiro atoms. The summed E-state index contributed by atoms with van der Waals surface area (Å²) in [5, 5.41) is 2.94. The van der Waals surface area contributed by atoms with Crippen LogP contribution < -0.4 is 10.1 Å². The summed E-state index contributed by atoms with van der Waals surface area (Å²) in [5.41, 5.74) is -0.663. The van der Waals surface area contributed by atoms with E-state index in [1.54, 1.807) is 0 Å². The summed E-state index contributed by atoms with van der Waals surface area (Å²) in [4.78, 5) is 0. The van der Waals surface area contributed by atoms with Gasteiger partial charge in [-0.25, -0.2) is 0 Å². The molecule has 1 aromatic carbocycles. The van der Waals surface area contributed by atoms with Gasteiger partial charge in [-0.2, -0.15) is 13.2 Å². The molecule has 0 atom stereocenters. The Balaban J connectivity index is 2.36. The van der Waals surface area contributed by atoms with Crippen LogP contribution in [0.2, 0.25) is 0 Å². The lowest BCUT2D eigenvalue weighted by Gasteiger charge is -2.33. The first-order valence-corrected chi connectivity index (χ1v) is 4.92. The Morgan fingerprint density at radius 2 is 2.00 bits per heavy atom. The number of ether oxygens (including phenoxy) is 1. The van der Waals surface area contributed by atoms with E-state index < -0.39 is 17.3 Å². The summed E-state index contributed by atoms with van der Waals surface area (Å²) >= 11 is 0. The first-order valence-electron chi connectivity index (χ1n) is 4.92. The fourth-order valence-corrected chi connectivity index (χ4v) is 1.58. The van der Waals surface area contributed by atoms with E-state index >= 15 is 0 Å². The molecule has 0 bridgehead atoms. The fraction of sp³-hybridized carbons (Fsp3) is 0.455. The van der Waals surface area contributed by atoms with Gasteiger partial charge in [0.25, 0.3) is 0 Å². The highest BCUT2D eigenvalue weighted by Gasteiger charge is 2.33. The second-order valence-corrected chi connectivity index (χ2v) is 4.42. The maximum Gasteiger partial charge on any atom is 0.416 e. The van der Waals surface area contributed by atoms with E-state index in [1.807, 2.05) is 13.8 Å². The standard InChI is InChI=1S/C11H12F3NO/c1-10(2)6-15-8-5-7(11(12,13)14)3-4-9(8)16-10/h3-5,15H,6H2,1-2H3. The molecule has 1 aliphatic heterocycles. The van der Waals surface area contributed by atoms with Crippen molar-refractivity contribution in [2.24, 2.45) is 0 Å². The number of benzene rings is 1. The molecule has 2 rings (SSSR count). The van der Waals surface area contributed by atoms with Gasteiger partial charge in [0, 0.05) is 0 Å². The first-order chi connectivity index (χ1) is 7.28. The molecule has 0 amide bonds. The van der Waals surface area contributed by atoms with Gasteiger partial charge in [-0.15, -0.1) is 0 Å².